The molecule has 0 amide bonds. The lowest BCUT2D eigenvalue weighted by Crippen LogP contribution is -2.41. The number of hydrogen-bond acceptors (Lipinski definition) is 3. The van der Waals surface area contributed by atoms with Gasteiger partial charge in [0.05, 0.1) is 6.07 Å². The molecule has 1 aliphatic rings. The Morgan fingerprint density at radius 1 is 1.56 bits per heavy atom. The zero-order chi connectivity index (χ0) is 11.8. The van der Waals surface area contributed by atoms with Crippen LogP contribution >= 0.6 is 11.6 Å². The highest BCUT2D eigenvalue weighted by molar-refractivity contribution is 6.30. The van der Waals surface area contributed by atoms with Crippen molar-refractivity contribution >= 4 is 17.3 Å². The van der Waals surface area contributed by atoms with Crippen molar-refractivity contribution in [3.8, 4) is 6.07 Å². The standard InChI is InChI=1S/C12H14ClN3/c1-9-6-10(13)2-3-11(9)16-5-4-12(15,7-14)8-16/h2-3,6H,4-5,8,15H2,1H3. The number of nitrogens with two attached hydrogens (primary N) is 1. The van der Waals surface area contributed by atoms with E-state index < -0.39 is 5.54 Å². The van der Waals surface area contributed by atoms with Crippen molar-refractivity contribution in [2.75, 3.05) is 18.0 Å². The highest BCUT2D eigenvalue weighted by atomic mass is 35.5. The Morgan fingerprint density at radius 3 is 2.88 bits per heavy atom. The predicted octanol–water partition coefficient (Wildman–Crippen LogP) is 2.08. The van der Waals surface area contributed by atoms with Crippen molar-refractivity contribution in [1.82, 2.24) is 0 Å². The number of nitriles is 1. The van der Waals surface area contributed by atoms with Crippen LogP contribution in [0.4, 0.5) is 5.69 Å². The summed E-state index contributed by atoms with van der Waals surface area (Å²) in [6, 6.07) is 7.97. The molecule has 1 heterocycles. The van der Waals surface area contributed by atoms with E-state index in [-0.39, 0.29) is 0 Å². The second-order valence-corrected chi connectivity index (χ2v) is 4.81. The van der Waals surface area contributed by atoms with E-state index in [1.165, 1.54) is 0 Å². The van der Waals surface area contributed by atoms with E-state index in [1.54, 1.807) is 0 Å². The first kappa shape index (κ1) is 11.3. The van der Waals surface area contributed by atoms with Crippen molar-refractivity contribution in [3.05, 3.63) is 28.8 Å². The van der Waals surface area contributed by atoms with Crippen LogP contribution in [0.15, 0.2) is 18.2 Å². The van der Waals surface area contributed by atoms with Crippen molar-refractivity contribution in [3.63, 3.8) is 0 Å². The summed E-state index contributed by atoms with van der Waals surface area (Å²) in [5.74, 6) is 0. The topological polar surface area (TPSA) is 53.0 Å². The lowest BCUT2D eigenvalue weighted by Gasteiger charge is -2.22. The van der Waals surface area contributed by atoms with Crippen LogP contribution in [0.25, 0.3) is 0 Å². The van der Waals surface area contributed by atoms with Gasteiger partial charge in [-0.3, -0.25) is 0 Å². The van der Waals surface area contributed by atoms with Gasteiger partial charge >= 0.3 is 0 Å². The lowest BCUT2D eigenvalue weighted by atomic mass is 10.0. The van der Waals surface area contributed by atoms with Gasteiger partial charge in [0.25, 0.3) is 0 Å². The molecule has 1 atom stereocenters. The first-order valence-corrected chi connectivity index (χ1v) is 5.63. The normalized spacial score (nSPS) is 24.5. The summed E-state index contributed by atoms with van der Waals surface area (Å²) < 4.78 is 0. The van der Waals surface area contributed by atoms with Crippen molar-refractivity contribution < 1.29 is 0 Å². The molecule has 0 spiro atoms. The molecule has 3 nitrogen and oxygen atoms in total. The molecule has 1 unspecified atom stereocenters. The van der Waals surface area contributed by atoms with Crippen LogP contribution in [0.5, 0.6) is 0 Å². The number of hydrogen-bond donors (Lipinski definition) is 1. The van der Waals surface area contributed by atoms with Crippen LogP contribution < -0.4 is 10.6 Å². The molecule has 0 aliphatic carbocycles. The highest BCUT2D eigenvalue weighted by Gasteiger charge is 2.34. The molecule has 0 radical (unpaired) electrons. The summed E-state index contributed by atoms with van der Waals surface area (Å²) in [7, 11) is 0. The van der Waals surface area contributed by atoms with Crippen LogP contribution in [0.1, 0.15) is 12.0 Å². The fourth-order valence-corrected chi connectivity index (χ4v) is 2.33. The minimum atomic E-state index is -0.702. The maximum absolute atomic E-state index is 8.98. The van der Waals surface area contributed by atoms with Gasteiger partial charge in [-0.1, -0.05) is 11.6 Å². The molecule has 1 aliphatic heterocycles. The average Bonchev–Trinajstić information content (AvgIpc) is 2.62. The summed E-state index contributed by atoms with van der Waals surface area (Å²) in [6.07, 6.45) is 0.714. The minimum absolute atomic E-state index is 0.589. The maximum atomic E-state index is 8.98. The molecule has 16 heavy (non-hydrogen) atoms. The van der Waals surface area contributed by atoms with Gasteiger partial charge in [-0.25, -0.2) is 0 Å². The van der Waals surface area contributed by atoms with Gasteiger partial charge < -0.3 is 10.6 Å². The number of halogens is 1. The summed E-state index contributed by atoms with van der Waals surface area (Å²) in [5.41, 5.74) is 7.47. The lowest BCUT2D eigenvalue weighted by molar-refractivity contribution is 0.606. The average molecular weight is 236 g/mol. The first-order chi connectivity index (χ1) is 7.54. The molecule has 84 valence electrons. The van der Waals surface area contributed by atoms with Crippen LogP contribution in [-0.4, -0.2) is 18.6 Å². The Bertz CT molecular complexity index is 452. The van der Waals surface area contributed by atoms with E-state index in [4.69, 9.17) is 22.6 Å². The molecule has 2 N–H and O–H groups in total. The third kappa shape index (κ3) is 1.99. The molecule has 1 aromatic carbocycles. The number of aryl methyl sites for hydroxylation is 1. The summed E-state index contributed by atoms with van der Waals surface area (Å²) in [4.78, 5) is 2.15. The Morgan fingerprint density at radius 2 is 2.31 bits per heavy atom. The number of nitrogens with zero attached hydrogens (tertiary/aromatic N) is 2. The summed E-state index contributed by atoms with van der Waals surface area (Å²) >= 11 is 5.91. The fourth-order valence-electron chi connectivity index (χ4n) is 2.10. The molecular formula is C12H14ClN3. The largest absolute Gasteiger partial charge is 0.368 e. The van der Waals surface area contributed by atoms with Gasteiger partial charge in [-0.2, -0.15) is 5.26 Å². The quantitative estimate of drug-likeness (QED) is 0.811. The maximum Gasteiger partial charge on any atom is 0.123 e. The SMILES string of the molecule is Cc1cc(Cl)ccc1N1CCC(N)(C#N)C1. The smallest absolute Gasteiger partial charge is 0.123 e. The van der Waals surface area contributed by atoms with Crippen molar-refractivity contribution in [2.24, 2.45) is 5.73 Å². The molecule has 0 saturated carbocycles. The van der Waals surface area contributed by atoms with Crippen LogP contribution in [0.2, 0.25) is 5.02 Å². The van der Waals surface area contributed by atoms with E-state index in [1.807, 2.05) is 25.1 Å². The van der Waals surface area contributed by atoms with Gasteiger partial charge in [-0.15, -0.1) is 0 Å². The van der Waals surface area contributed by atoms with Crippen molar-refractivity contribution in [2.45, 2.75) is 18.9 Å². The second-order valence-electron chi connectivity index (χ2n) is 4.37. The van der Waals surface area contributed by atoms with Gasteiger partial charge in [-0.05, 0) is 37.1 Å². The fraction of sp³-hybridized carbons (Fsp3) is 0.417. The molecule has 4 heteroatoms. The zero-order valence-corrected chi connectivity index (χ0v) is 9.96. The molecule has 0 bridgehead atoms. The van der Waals surface area contributed by atoms with Crippen molar-refractivity contribution in [1.29, 1.82) is 5.26 Å². The number of anilines is 1. The van der Waals surface area contributed by atoms with Gasteiger partial charge in [0.2, 0.25) is 0 Å². The van der Waals surface area contributed by atoms with Crippen LogP contribution in [0, 0.1) is 18.3 Å². The van der Waals surface area contributed by atoms with E-state index in [2.05, 4.69) is 11.0 Å². The van der Waals surface area contributed by atoms with E-state index in [0.717, 1.165) is 22.8 Å². The molecule has 1 aromatic rings. The van der Waals surface area contributed by atoms with Crippen LogP contribution in [0.3, 0.4) is 0 Å². The Hall–Kier alpha value is -1.24. The first-order valence-electron chi connectivity index (χ1n) is 5.25. The Kier molecular flexibility index (Phi) is 2.79. The highest BCUT2D eigenvalue weighted by Crippen LogP contribution is 2.29. The zero-order valence-electron chi connectivity index (χ0n) is 9.20. The Labute approximate surface area is 100 Å². The Balaban J connectivity index is 2.25. The van der Waals surface area contributed by atoms with E-state index >= 15 is 0 Å². The summed E-state index contributed by atoms with van der Waals surface area (Å²) in [6.45, 7) is 3.43. The second kappa shape index (κ2) is 3.97. The molecular weight excluding hydrogens is 222 g/mol. The third-order valence-electron chi connectivity index (χ3n) is 3.02. The molecule has 0 aromatic heterocycles. The molecule has 1 saturated heterocycles. The predicted molar refractivity (Wildman–Crippen MR) is 65.6 cm³/mol. The van der Waals surface area contributed by atoms with Crippen LogP contribution in [-0.2, 0) is 0 Å². The summed E-state index contributed by atoms with van der Waals surface area (Å²) in [5, 5.41) is 9.72. The number of benzene rings is 1. The number of rotatable bonds is 1. The monoisotopic (exact) mass is 235 g/mol. The van der Waals surface area contributed by atoms with Gasteiger partial charge in [0, 0.05) is 23.8 Å². The van der Waals surface area contributed by atoms with Gasteiger partial charge in [0.1, 0.15) is 5.54 Å². The van der Waals surface area contributed by atoms with Gasteiger partial charge in [0.15, 0.2) is 0 Å². The minimum Gasteiger partial charge on any atom is -0.368 e. The third-order valence-corrected chi connectivity index (χ3v) is 3.26. The van der Waals surface area contributed by atoms with E-state index in [0.29, 0.717) is 13.0 Å². The molecule has 2 rings (SSSR count). The molecule has 1 fully saturated rings. The van der Waals surface area contributed by atoms with E-state index in [9.17, 15) is 0 Å².